The largest absolute Gasteiger partial charge is 0.325 e. The highest BCUT2D eigenvalue weighted by Crippen LogP contribution is 2.11. The van der Waals surface area contributed by atoms with Gasteiger partial charge in [0.25, 0.3) is 0 Å². The molecule has 0 spiro atoms. The molecule has 0 N–H and O–H groups in total. The van der Waals surface area contributed by atoms with Crippen LogP contribution in [0.4, 0.5) is 4.79 Å². The molecule has 0 saturated carbocycles. The molecule has 3 heteroatoms. The van der Waals surface area contributed by atoms with Gasteiger partial charge < -0.3 is 9.80 Å². The van der Waals surface area contributed by atoms with Gasteiger partial charge in [-0.25, -0.2) is 4.79 Å². The summed E-state index contributed by atoms with van der Waals surface area (Å²) in [6.45, 7) is 4.40. The number of nitrogens with zero attached hydrogens (tertiary/aromatic N) is 2. The van der Waals surface area contributed by atoms with Crippen molar-refractivity contribution in [2.75, 3.05) is 20.6 Å². The lowest BCUT2D eigenvalue weighted by Gasteiger charge is -2.12. The maximum absolute atomic E-state index is 11.1. The summed E-state index contributed by atoms with van der Waals surface area (Å²) >= 11 is 0. The molecule has 1 rings (SSSR count). The standard InChI is InChI=1S/C7H12N2O/c1-4-6-5-8(2)7(10)9(6)3/h4,6H,1,5H2,2-3H3/t6-/m1/s1. The fraction of sp³-hybridized carbons (Fsp3) is 0.571. The molecule has 0 unspecified atom stereocenters. The highest BCUT2D eigenvalue weighted by Gasteiger charge is 2.29. The molecular weight excluding hydrogens is 128 g/mol. The molecule has 1 atom stereocenters. The van der Waals surface area contributed by atoms with Gasteiger partial charge in [0.05, 0.1) is 6.04 Å². The van der Waals surface area contributed by atoms with Crippen LogP contribution < -0.4 is 0 Å². The van der Waals surface area contributed by atoms with Gasteiger partial charge >= 0.3 is 6.03 Å². The molecule has 0 bridgehead atoms. The van der Waals surface area contributed by atoms with Crippen LogP contribution in [0.25, 0.3) is 0 Å². The molecule has 0 aromatic rings. The number of rotatable bonds is 1. The van der Waals surface area contributed by atoms with E-state index in [4.69, 9.17) is 0 Å². The third kappa shape index (κ3) is 0.875. The molecule has 3 nitrogen and oxygen atoms in total. The molecule has 1 aliphatic heterocycles. The topological polar surface area (TPSA) is 23.6 Å². The summed E-state index contributed by atoms with van der Waals surface area (Å²) < 4.78 is 0. The Labute approximate surface area is 60.9 Å². The van der Waals surface area contributed by atoms with Crippen LogP contribution in [0.3, 0.4) is 0 Å². The number of carbonyl (C=O) groups is 1. The normalized spacial score (nSPS) is 25.8. The van der Waals surface area contributed by atoms with Crippen LogP contribution in [0.15, 0.2) is 12.7 Å². The zero-order valence-electron chi connectivity index (χ0n) is 6.37. The highest BCUT2D eigenvalue weighted by atomic mass is 16.2. The Morgan fingerprint density at radius 2 is 2.30 bits per heavy atom. The first-order valence-electron chi connectivity index (χ1n) is 3.27. The van der Waals surface area contributed by atoms with Gasteiger partial charge in [-0.2, -0.15) is 0 Å². The average molecular weight is 140 g/mol. The summed E-state index contributed by atoms with van der Waals surface area (Å²) in [6.07, 6.45) is 1.79. The fourth-order valence-corrected chi connectivity index (χ4v) is 1.12. The molecule has 0 radical (unpaired) electrons. The van der Waals surface area contributed by atoms with E-state index in [9.17, 15) is 4.79 Å². The van der Waals surface area contributed by atoms with Gasteiger partial charge in [0.15, 0.2) is 0 Å². The monoisotopic (exact) mass is 140 g/mol. The van der Waals surface area contributed by atoms with E-state index in [-0.39, 0.29) is 12.1 Å². The van der Waals surface area contributed by atoms with Crippen LogP contribution in [0.1, 0.15) is 0 Å². The van der Waals surface area contributed by atoms with Crippen molar-refractivity contribution in [2.24, 2.45) is 0 Å². The number of carbonyl (C=O) groups excluding carboxylic acids is 1. The quantitative estimate of drug-likeness (QED) is 0.487. The number of amides is 2. The van der Waals surface area contributed by atoms with E-state index in [1.54, 1.807) is 30.0 Å². The van der Waals surface area contributed by atoms with Gasteiger partial charge in [0.2, 0.25) is 0 Å². The average Bonchev–Trinajstić information content (AvgIpc) is 2.17. The van der Waals surface area contributed by atoms with E-state index in [0.717, 1.165) is 6.54 Å². The number of hydrogen-bond acceptors (Lipinski definition) is 1. The Kier molecular flexibility index (Phi) is 1.66. The molecule has 2 amide bonds. The Bertz CT molecular complexity index is 167. The molecule has 0 aliphatic carbocycles. The maximum atomic E-state index is 11.1. The van der Waals surface area contributed by atoms with Gasteiger partial charge in [-0.05, 0) is 0 Å². The van der Waals surface area contributed by atoms with Crippen molar-refractivity contribution in [3.05, 3.63) is 12.7 Å². The Balaban J connectivity index is 2.70. The Hall–Kier alpha value is -0.990. The van der Waals surface area contributed by atoms with Crippen molar-refractivity contribution < 1.29 is 4.79 Å². The summed E-state index contributed by atoms with van der Waals surface area (Å²) in [4.78, 5) is 14.5. The van der Waals surface area contributed by atoms with E-state index in [1.807, 2.05) is 0 Å². The first-order chi connectivity index (χ1) is 4.66. The third-order valence-electron chi connectivity index (χ3n) is 1.86. The minimum Gasteiger partial charge on any atom is -0.325 e. The lowest BCUT2D eigenvalue weighted by Crippen LogP contribution is -2.28. The predicted octanol–water partition coefficient (Wildman–Crippen LogP) is 0.538. The van der Waals surface area contributed by atoms with Crippen molar-refractivity contribution >= 4 is 6.03 Å². The predicted molar refractivity (Wildman–Crippen MR) is 39.8 cm³/mol. The van der Waals surface area contributed by atoms with E-state index >= 15 is 0 Å². The van der Waals surface area contributed by atoms with E-state index < -0.39 is 0 Å². The first kappa shape index (κ1) is 7.12. The minimum absolute atomic E-state index is 0.0740. The summed E-state index contributed by atoms with van der Waals surface area (Å²) in [5, 5.41) is 0. The summed E-state index contributed by atoms with van der Waals surface area (Å²) in [5.74, 6) is 0. The minimum atomic E-state index is 0.0740. The summed E-state index contributed by atoms with van der Waals surface area (Å²) in [5.41, 5.74) is 0. The smallest absolute Gasteiger partial charge is 0.320 e. The molecule has 0 aromatic heterocycles. The molecule has 1 saturated heterocycles. The number of hydrogen-bond donors (Lipinski definition) is 0. The molecule has 56 valence electrons. The first-order valence-corrected chi connectivity index (χ1v) is 3.27. The van der Waals surface area contributed by atoms with Gasteiger partial charge in [0.1, 0.15) is 0 Å². The SMILES string of the molecule is C=C[C@@H]1CN(C)C(=O)N1C. The molecule has 1 aliphatic rings. The highest BCUT2D eigenvalue weighted by molar-refractivity contribution is 5.76. The van der Waals surface area contributed by atoms with Crippen molar-refractivity contribution in [1.29, 1.82) is 0 Å². The Morgan fingerprint density at radius 3 is 2.50 bits per heavy atom. The van der Waals surface area contributed by atoms with Gasteiger partial charge in [-0.1, -0.05) is 6.08 Å². The zero-order chi connectivity index (χ0) is 7.72. The van der Waals surface area contributed by atoms with Gasteiger partial charge in [0, 0.05) is 20.6 Å². The van der Waals surface area contributed by atoms with Gasteiger partial charge in [-0.15, -0.1) is 6.58 Å². The van der Waals surface area contributed by atoms with Crippen molar-refractivity contribution in [2.45, 2.75) is 6.04 Å². The molecule has 10 heavy (non-hydrogen) atoms. The molecule has 1 heterocycles. The van der Waals surface area contributed by atoms with Crippen LogP contribution in [-0.4, -0.2) is 42.5 Å². The second-order valence-electron chi connectivity index (χ2n) is 2.58. The van der Waals surface area contributed by atoms with Crippen LogP contribution in [0, 0.1) is 0 Å². The van der Waals surface area contributed by atoms with E-state index in [1.165, 1.54) is 0 Å². The van der Waals surface area contributed by atoms with Crippen molar-refractivity contribution in [3.8, 4) is 0 Å². The third-order valence-corrected chi connectivity index (χ3v) is 1.86. The van der Waals surface area contributed by atoms with Crippen LogP contribution in [-0.2, 0) is 0 Å². The van der Waals surface area contributed by atoms with Gasteiger partial charge in [-0.3, -0.25) is 0 Å². The lowest BCUT2D eigenvalue weighted by atomic mass is 10.3. The summed E-state index contributed by atoms with van der Waals surface area (Å²) in [6, 6.07) is 0.266. The van der Waals surface area contributed by atoms with Crippen molar-refractivity contribution in [3.63, 3.8) is 0 Å². The van der Waals surface area contributed by atoms with E-state index in [2.05, 4.69) is 6.58 Å². The molecule has 0 aromatic carbocycles. The number of likely N-dealkylation sites (N-methyl/N-ethyl adjacent to an activating group) is 2. The van der Waals surface area contributed by atoms with Crippen LogP contribution >= 0.6 is 0 Å². The molecule has 1 fully saturated rings. The van der Waals surface area contributed by atoms with Crippen LogP contribution in [0.5, 0.6) is 0 Å². The fourth-order valence-electron chi connectivity index (χ4n) is 1.12. The molecular formula is C7H12N2O. The number of urea groups is 1. The second-order valence-corrected chi connectivity index (χ2v) is 2.58. The lowest BCUT2D eigenvalue weighted by molar-refractivity contribution is 0.203. The Morgan fingerprint density at radius 1 is 1.70 bits per heavy atom. The van der Waals surface area contributed by atoms with Crippen LogP contribution in [0.2, 0.25) is 0 Å². The van der Waals surface area contributed by atoms with E-state index in [0.29, 0.717) is 0 Å². The second kappa shape index (κ2) is 2.33. The summed E-state index contributed by atoms with van der Waals surface area (Å²) in [7, 11) is 3.58. The zero-order valence-corrected chi connectivity index (χ0v) is 6.37. The maximum Gasteiger partial charge on any atom is 0.320 e. The van der Waals surface area contributed by atoms with Crippen molar-refractivity contribution in [1.82, 2.24) is 9.80 Å².